The number of hydrogen-bond acceptors (Lipinski definition) is 2. The van der Waals surface area contributed by atoms with Crippen LogP contribution in [0.25, 0.3) is 0 Å². The topological polar surface area (TPSA) is 38.3 Å². The predicted molar refractivity (Wildman–Crippen MR) is 95.5 cm³/mol. The Balaban J connectivity index is 1.89. The number of amides is 1. The van der Waals surface area contributed by atoms with Gasteiger partial charge in [0.2, 0.25) is 0 Å². The molecule has 1 amide bonds. The molecule has 0 saturated carbocycles. The average Bonchev–Trinajstić information content (AvgIpc) is 2.54. The zero-order chi connectivity index (χ0) is 16.8. The smallest absolute Gasteiger partial charge is 0.262 e. The van der Waals surface area contributed by atoms with Gasteiger partial charge in [-0.3, -0.25) is 4.79 Å². The molecule has 2 aromatic rings. The molecule has 0 aliphatic carbocycles. The van der Waals surface area contributed by atoms with Crippen LogP contribution >= 0.6 is 11.6 Å². The average molecular weight is 332 g/mol. The van der Waals surface area contributed by atoms with Gasteiger partial charge in [-0.2, -0.15) is 0 Å². The van der Waals surface area contributed by atoms with Crippen molar-refractivity contribution in [2.45, 2.75) is 33.1 Å². The van der Waals surface area contributed by atoms with Crippen LogP contribution in [0.5, 0.6) is 5.75 Å². The Morgan fingerprint density at radius 1 is 1.22 bits per heavy atom. The molecule has 1 N–H and O–H groups in total. The van der Waals surface area contributed by atoms with Crippen molar-refractivity contribution >= 4 is 23.2 Å². The Labute approximate surface area is 142 Å². The molecular weight excluding hydrogens is 310 g/mol. The molecule has 2 rings (SSSR count). The van der Waals surface area contributed by atoms with Crippen LogP contribution in [0.15, 0.2) is 42.5 Å². The Morgan fingerprint density at radius 3 is 2.52 bits per heavy atom. The molecule has 122 valence electrons. The van der Waals surface area contributed by atoms with Crippen LogP contribution in [0.2, 0.25) is 5.02 Å². The Morgan fingerprint density at radius 2 is 1.91 bits per heavy atom. The van der Waals surface area contributed by atoms with Crippen LogP contribution in [0, 0.1) is 6.92 Å². The maximum atomic E-state index is 12.0. The Hall–Kier alpha value is -2.00. The lowest BCUT2D eigenvalue weighted by Gasteiger charge is -2.12. The van der Waals surface area contributed by atoms with Gasteiger partial charge in [-0.25, -0.2) is 0 Å². The second-order valence-corrected chi connectivity index (χ2v) is 6.11. The van der Waals surface area contributed by atoms with Crippen LogP contribution in [0.1, 0.15) is 37.3 Å². The number of rotatable bonds is 6. The molecule has 0 aliphatic heterocycles. The normalized spacial score (nSPS) is 11.8. The van der Waals surface area contributed by atoms with Gasteiger partial charge in [0, 0.05) is 10.7 Å². The number of nitrogens with one attached hydrogen (secondary N) is 1. The molecule has 23 heavy (non-hydrogen) atoms. The highest BCUT2D eigenvalue weighted by atomic mass is 35.5. The van der Waals surface area contributed by atoms with Gasteiger partial charge < -0.3 is 10.1 Å². The number of carbonyl (C=O) groups excluding carboxylic acids is 1. The molecule has 0 fully saturated rings. The van der Waals surface area contributed by atoms with Gasteiger partial charge in [0.25, 0.3) is 5.91 Å². The van der Waals surface area contributed by atoms with Crippen LogP contribution < -0.4 is 10.1 Å². The van der Waals surface area contributed by atoms with E-state index in [0.717, 1.165) is 17.7 Å². The summed E-state index contributed by atoms with van der Waals surface area (Å²) in [5, 5.41) is 3.49. The molecule has 1 atom stereocenters. The number of carbonyl (C=O) groups is 1. The largest absolute Gasteiger partial charge is 0.483 e. The number of anilines is 1. The van der Waals surface area contributed by atoms with E-state index in [1.807, 2.05) is 37.3 Å². The fourth-order valence-electron chi connectivity index (χ4n) is 2.25. The minimum Gasteiger partial charge on any atom is -0.483 e. The van der Waals surface area contributed by atoms with E-state index in [4.69, 9.17) is 16.3 Å². The Bertz CT molecular complexity index is 668. The third-order valence-corrected chi connectivity index (χ3v) is 4.11. The van der Waals surface area contributed by atoms with Crippen molar-refractivity contribution < 1.29 is 9.53 Å². The highest BCUT2D eigenvalue weighted by Crippen LogP contribution is 2.22. The molecule has 1 unspecified atom stereocenters. The minimum atomic E-state index is -0.185. The molecule has 2 aromatic carbocycles. The first-order valence-electron chi connectivity index (χ1n) is 7.78. The number of aryl methyl sites for hydroxylation is 1. The van der Waals surface area contributed by atoms with Crippen LogP contribution in [0.4, 0.5) is 5.69 Å². The Kier molecular flexibility index (Phi) is 6.05. The summed E-state index contributed by atoms with van der Waals surface area (Å²) >= 11 is 5.90. The van der Waals surface area contributed by atoms with Crippen molar-refractivity contribution in [1.82, 2.24) is 0 Å². The van der Waals surface area contributed by atoms with Gasteiger partial charge in [-0.1, -0.05) is 37.6 Å². The summed E-state index contributed by atoms with van der Waals surface area (Å²) in [6.07, 6.45) is 1.10. The molecule has 0 radical (unpaired) electrons. The summed E-state index contributed by atoms with van der Waals surface area (Å²) in [7, 11) is 0. The van der Waals surface area contributed by atoms with E-state index in [-0.39, 0.29) is 12.5 Å². The summed E-state index contributed by atoms with van der Waals surface area (Å²) < 4.78 is 5.53. The number of benzene rings is 2. The van der Waals surface area contributed by atoms with E-state index in [1.165, 1.54) is 5.56 Å². The summed E-state index contributed by atoms with van der Waals surface area (Å²) in [5.41, 5.74) is 2.96. The standard InChI is InChI=1S/C19H22ClNO2/c1-4-13(2)15-5-8-17(9-6-15)21-19(22)12-23-18-10-7-16(20)11-14(18)3/h5-11,13H,4,12H2,1-3H3,(H,21,22). The van der Waals surface area contributed by atoms with E-state index in [0.29, 0.717) is 16.7 Å². The lowest BCUT2D eigenvalue weighted by atomic mass is 9.99. The summed E-state index contributed by atoms with van der Waals surface area (Å²) in [6, 6.07) is 13.3. The van der Waals surface area contributed by atoms with Gasteiger partial charge >= 0.3 is 0 Å². The highest BCUT2D eigenvalue weighted by Gasteiger charge is 2.07. The molecule has 0 saturated heterocycles. The monoisotopic (exact) mass is 331 g/mol. The third kappa shape index (κ3) is 5.00. The van der Waals surface area contributed by atoms with Crippen molar-refractivity contribution in [3.8, 4) is 5.75 Å². The van der Waals surface area contributed by atoms with Crippen molar-refractivity contribution in [2.24, 2.45) is 0 Å². The van der Waals surface area contributed by atoms with Crippen LogP contribution in [0.3, 0.4) is 0 Å². The zero-order valence-corrected chi connectivity index (χ0v) is 14.5. The summed E-state index contributed by atoms with van der Waals surface area (Å²) in [5.74, 6) is 1.00. The molecular formula is C19H22ClNO2. The second-order valence-electron chi connectivity index (χ2n) is 5.68. The first-order valence-corrected chi connectivity index (χ1v) is 8.16. The minimum absolute atomic E-state index is 0.0322. The lowest BCUT2D eigenvalue weighted by Crippen LogP contribution is -2.20. The van der Waals surface area contributed by atoms with E-state index in [9.17, 15) is 4.79 Å². The van der Waals surface area contributed by atoms with Gasteiger partial charge in [0.1, 0.15) is 5.75 Å². The fourth-order valence-corrected chi connectivity index (χ4v) is 2.47. The van der Waals surface area contributed by atoms with Gasteiger partial charge in [0.05, 0.1) is 0 Å². The van der Waals surface area contributed by atoms with E-state index in [1.54, 1.807) is 12.1 Å². The first-order chi connectivity index (χ1) is 11.0. The van der Waals surface area contributed by atoms with E-state index in [2.05, 4.69) is 19.2 Å². The predicted octanol–water partition coefficient (Wildman–Crippen LogP) is 5.18. The van der Waals surface area contributed by atoms with Crippen molar-refractivity contribution in [2.75, 3.05) is 11.9 Å². The van der Waals surface area contributed by atoms with Crippen molar-refractivity contribution in [3.05, 3.63) is 58.6 Å². The van der Waals surface area contributed by atoms with Crippen molar-refractivity contribution in [3.63, 3.8) is 0 Å². The first kappa shape index (κ1) is 17.4. The lowest BCUT2D eigenvalue weighted by molar-refractivity contribution is -0.118. The summed E-state index contributed by atoms with van der Waals surface area (Å²) in [6.45, 7) is 6.22. The van der Waals surface area contributed by atoms with Gasteiger partial charge in [-0.15, -0.1) is 0 Å². The maximum absolute atomic E-state index is 12.0. The van der Waals surface area contributed by atoms with Crippen LogP contribution in [-0.2, 0) is 4.79 Å². The molecule has 0 aliphatic rings. The molecule has 0 bridgehead atoms. The number of ether oxygens (including phenoxy) is 1. The summed E-state index contributed by atoms with van der Waals surface area (Å²) in [4.78, 5) is 12.0. The molecule has 0 aromatic heterocycles. The molecule has 3 nitrogen and oxygen atoms in total. The molecule has 4 heteroatoms. The quantitative estimate of drug-likeness (QED) is 0.792. The van der Waals surface area contributed by atoms with Crippen LogP contribution in [-0.4, -0.2) is 12.5 Å². The number of halogens is 1. The van der Waals surface area contributed by atoms with E-state index < -0.39 is 0 Å². The fraction of sp³-hybridized carbons (Fsp3) is 0.316. The zero-order valence-electron chi connectivity index (χ0n) is 13.7. The third-order valence-electron chi connectivity index (χ3n) is 3.87. The number of hydrogen-bond donors (Lipinski definition) is 1. The van der Waals surface area contributed by atoms with Gasteiger partial charge in [-0.05, 0) is 60.7 Å². The molecule has 0 heterocycles. The maximum Gasteiger partial charge on any atom is 0.262 e. The van der Waals surface area contributed by atoms with Crippen molar-refractivity contribution in [1.29, 1.82) is 0 Å². The van der Waals surface area contributed by atoms with E-state index >= 15 is 0 Å². The SMILES string of the molecule is CCC(C)c1ccc(NC(=O)COc2ccc(Cl)cc2C)cc1. The van der Waals surface area contributed by atoms with Gasteiger partial charge in [0.15, 0.2) is 6.61 Å². The molecule has 0 spiro atoms. The highest BCUT2D eigenvalue weighted by molar-refractivity contribution is 6.30. The second kappa shape index (κ2) is 8.02.